The summed E-state index contributed by atoms with van der Waals surface area (Å²) in [5.74, 6) is 5.46. The van der Waals surface area contributed by atoms with Crippen molar-refractivity contribution in [1.82, 2.24) is 0 Å². The molecular formula is C29H50O4. The molecule has 0 bridgehead atoms. The van der Waals surface area contributed by atoms with Crippen LogP contribution in [0.1, 0.15) is 105 Å². The highest BCUT2D eigenvalue weighted by atomic mass is 16.6. The summed E-state index contributed by atoms with van der Waals surface area (Å²) in [6.45, 7) is 12.6. The first-order chi connectivity index (χ1) is 15.5. The largest absolute Gasteiger partial charge is 0.505 e. The van der Waals surface area contributed by atoms with Gasteiger partial charge in [-0.05, 0) is 97.7 Å². The van der Waals surface area contributed by atoms with E-state index in [0.29, 0.717) is 10.8 Å². The van der Waals surface area contributed by atoms with E-state index in [9.17, 15) is 5.11 Å². The highest BCUT2D eigenvalue weighted by Gasteiger charge is 2.59. The first-order valence-corrected chi connectivity index (χ1v) is 13.7. The van der Waals surface area contributed by atoms with Gasteiger partial charge in [0.25, 0.3) is 0 Å². The lowest BCUT2D eigenvalue weighted by atomic mass is 9.47. The molecule has 0 spiro atoms. The SMILES string of the molecule is CC(C)CCCC(C)[C@H]1CC[C@H]2[C@@H]3CC=C4C[C@@H](O)CC[C@]4(C)[C@H]3CC[C@]12C.COC(=O)O. The molecule has 0 aromatic carbocycles. The van der Waals surface area contributed by atoms with E-state index in [2.05, 4.69) is 45.4 Å². The zero-order valence-electron chi connectivity index (χ0n) is 22.1. The minimum atomic E-state index is -1.25. The molecule has 8 atom stereocenters. The van der Waals surface area contributed by atoms with Crippen LogP contribution in [0, 0.1) is 46.3 Å². The van der Waals surface area contributed by atoms with Crippen molar-refractivity contribution in [3.63, 3.8) is 0 Å². The molecule has 0 aromatic heterocycles. The average molecular weight is 463 g/mol. The molecule has 4 nitrogen and oxygen atoms in total. The first-order valence-electron chi connectivity index (χ1n) is 13.7. The summed E-state index contributed by atoms with van der Waals surface area (Å²) in [6, 6.07) is 0. The predicted molar refractivity (Wildman–Crippen MR) is 134 cm³/mol. The monoisotopic (exact) mass is 462 g/mol. The number of aliphatic hydroxyl groups is 1. The number of carboxylic acid groups (broad SMARTS) is 1. The molecule has 0 saturated heterocycles. The van der Waals surface area contributed by atoms with Gasteiger partial charge in [-0.15, -0.1) is 0 Å². The lowest BCUT2D eigenvalue weighted by Gasteiger charge is -2.58. The van der Waals surface area contributed by atoms with Crippen LogP contribution in [0.3, 0.4) is 0 Å². The predicted octanol–water partition coefficient (Wildman–Crippen LogP) is 7.70. The van der Waals surface area contributed by atoms with Crippen molar-refractivity contribution in [3.05, 3.63) is 11.6 Å². The number of aliphatic hydroxyl groups excluding tert-OH is 1. The Hall–Kier alpha value is -1.03. The van der Waals surface area contributed by atoms with Gasteiger partial charge in [0.2, 0.25) is 0 Å². The van der Waals surface area contributed by atoms with Gasteiger partial charge in [0.05, 0.1) is 13.2 Å². The average Bonchev–Trinajstić information content (AvgIpc) is 3.11. The smallest absolute Gasteiger partial charge is 0.450 e. The van der Waals surface area contributed by atoms with Crippen LogP contribution in [-0.4, -0.2) is 29.6 Å². The Morgan fingerprint density at radius 2 is 1.79 bits per heavy atom. The molecule has 4 heteroatoms. The fourth-order valence-electron chi connectivity index (χ4n) is 8.67. The molecule has 4 rings (SSSR count). The van der Waals surface area contributed by atoms with Crippen LogP contribution in [-0.2, 0) is 4.74 Å². The van der Waals surface area contributed by atoms with E-state index in [-0.39, 0.29) is 6.10 Å². The second-order valence-electron chi connectivity index (χ2n) is 12.7. The number of hydrogen-bond acceptors (Lipinski definition) is 3. The number of methoxy groups -OCH3 is 1. The van der Waals surface area contributed by atoms with Crippen LogP contribution in [0.25, 0.3) is 0 Å². The molecule has 1 unspecified atom stereocenters. The van der Waals surface area contributed by atoms with Crippen LogP contribution < -0.4 is 0 Å². The normalized spacial score (nSPS) is 40.5. The van der Waals surface area contributed by atoms with Gasteiger partial charge in [-0.1, -0.05) is 65.5 Å². The van der Waals surface area contributed by atoms with E-state index in [4.69, 9.17) is 9.90 Å². The lowest BCUT2D eigenvalue weighted by Crippen LogP contribution is -2.50. The minimum Gasteiger partial charge on any atom is -0.450 e. The van der Waals surface area contributed by atoms with Crippen LogP contribution in [0.15, 0.2) is 11.6 Å². The summed E-state index contributed by atoms with van der Waals surface area (Å²) >= 11 is 0. The molecule has 33 heavy (non-hydrogen) atoms. The summed E-state index contributed by atoms with van der Waals surface area (Å²) in [7, 11) is 1.10. The highest BCUT2D eigenvalue weighted by Crippen LogP contribution is 2.67. The maximum absolute atomic E-state index is 10.2. The number of ether oxygens (including phenoxy) is 1. The molecule has 4 aliphatic rings. The van der Waals surface area contributed by atoms with Crippen LogP contribution in [0.5, 0.6) is 0 Å². The molecule has 0 aromatic rings. The van der Waals surface area contributed by atoms with Gasteiger partial charge in [-0.3, -0.25) is 0 Å². The van der Waals surface area contributed by atoms with Gasteiger partial charge in [-0.25, -0.2) is 4.79 Å². The maximum atomic E-state index is 10.2. The van der Waals surface area contributed by atoms with Crippen molar-refractivity contribution in [2.75, 3.05) is 7.11 Å². The molecule has 3 saturated carbocycles. The standard InChI is InChI=1S/C27H46O.C2H4O3/c1-18(2)7-6-8-19(3)23-11-12-24-22-10-9-20-17-21(28)13-15-26(20,4)25(22)14-16-27(23,24)5;1-5-2(3)4/h9,18-19,21-25,28H,6-8,10-17H2,1-5H3;1H3,(H,3,4)/t19?,21-,22-,23+,24-,25-,26-,27+;/m0./s1. The zero-order chi connectivity index (χ0) is 24.4. The lowest BCUT2D eigenvalue weighted by molar-refractivity contribution is -0.0573. The van der Waals surface area contributed by atoms with E-state index in [1.54, 1.807) is 5.57 Å². The van der Waals surface area contributed by atoms with Gasteiger partial charge in [0, 0.05) is 0 Å². The summed E-state index contributed by atoms with van der Waals surface area (Å²) < 4.78 is 3.67. The van der Waals surface area contributed by atoms with Gasteiger partial charge >= 0.3 is 6.16 Å². The van der Waals surface area contributed by atoms with Crippen LogP contribution >= 0.6 is 0 Å². The van der Waals surface area contributed by atoms with Gasteiger partial charge in [0.15, 0.2) is 0 Å². The Balaban J connectivity index is 0.000000555. The Morgan fingerprint density at radius 3 is 2.42 bits per heavy atom. The minimum absolute atomic E-state index is 0.0766. The van der Waals surface area contributed by atoms with E-state index in [1.807, 2.05) is 0 Å². The van der Waals surface area contributed by atoms with Gasteiger partial charge < -0.3 is 14.9 Å². The Bertz CT molecular complexity index is 700. The zero-order valence-corrected chi connectivity index (χ0v) is 22.1. The second-order valence-corrected chi connectivity index (χ2v) is 12.7. The molecule has 0 heterocycles. The Morgan fingerprint density at radius 1 is 1.09 bits per heavy atom. The van der Waals surface area contributed by atoms with Crippen LogP contribution in [0.2, 0.25) is 0 Å². The third kappa shape index (κ3) is 5.46. The molecule has 2 N–H and O–H groups in total. The quantitative estimate of drug-likeness (QED) is 0.324. The van der Waals surface area contributed by atoms with Crippen molar-refractivity contribution in [1.29, 1.82) is 0 Å². The maximum Gasteiger partial charge on any atom is 0.505 e. The molecule has 0 aliphatic heterocycles. The molecule has 0 radical (unpaired) electrons. The number of rotatable bonds is 5. The molecule has 190 valence electrons. The van der Waals surface area contributed by atoms with E-state index in [1.165, 1.54) is 57.8 Å². The third-order valence-electron chi connectivity index (χ3n) is 10.5. The number of carbonyl (C=O) groups is 1. The summed E-state index contributed by atoms with van der Waals surface area (Å²) in [5.41, 5.74) is 2.60. The third-order valence-corrected chi connectivity index (χ3v) is 10.5. The number of hydrogen-bond donors (Lipinski definition) is 2. The van der Waals surface area contributed by atoms with Crippen molar-refractivity contribution < 1.29 is 19.7 Å². The summed E-state index contributed by atoms with van der Waals surface area (Å²) in [5, 5.41) is 17.7. The topological polar surface area (TPSA) is 66.8 Å². The van der Waals surface area contributed by atoms with Gasteiger partial charge in [0.1, 0.15) is 0 Å². The molecule has 3 fully saturated rings. The molecule has 0 amide bonds. The Labute approximate surface area is 202 Å². The fraction of sp³-hybridized carbons (Fsp3) is 0.897. The van der Waals surface area contributed by atoms with Crippen molar-refractivity contribution in [2.24, 2.45) is 46.3 Å². The molecule has 4 aliphatic carbocycles. The van der Waals surface area contributed by atoms with Gasteiger partial charge in [-0.2, -0.15) is 0 Å². The van der Waals surface area contributed by atoms with E-state index < -0.39 is 6.16 Å². The van der Waals surface area contributed by atoms with Crippen LogP contribution in [0.4, 0.5) is 4.79 Å². The fourth-order valence-corrected chi connectivity index (χ4v) is 8.67. The van der Waals surface area contributed by atoms with Crippen molar-refractivity contribution in [2.45, 2.75) is 111 Å². The number of fused-ring (bicyclic) bond motifs is 5. The second kappa shape index (κ2) is 10.7. The molecular weight excluding hydrogens is 412 g/mol. The highest BCUT2D eigenvalue weighted by molar-refractivity contribution is 5.56. The Kier molecular flexibility index (Phi) is 8.62. The van der Waals surface area contributed by atoms with E-state index in [0.717, 1.165) is 55.5 Å². The van der Waals surface area contributed by atoms with E-state index >= 15 is 0 Å². The summed E-state index contributed by atoms with van der Waals surface area (Å²) in [4.78, 5) is 9.15. The number of allylic oxidation sites excluding steroid dienone is 1. The van der Waals surface area contributed by atoms with Crippen molar-refractivity contribution in [3.8, 4) is 0 Å². The first kappa shape index (κ1) is 26.6. The summed E-state index contributed by atoms with van der Waals surface area (Å²) in [6.07, 6.45) is 15.9. The van der Waals surface area contributed by atoms with Crippen molar-refractivity contribution >= 4 is 6.16 Å².